The number of rotatable bonds is 4. The number of nitrogens with zero attached hydrogens (tertiary/aromatic N) is 2. The Kier molecular flexibility index (Phi) is 5.24. The molecule has 0 unspecified atom stereocenters. The van der Waals surface area contributed by atoms with Crippen LogP contribution in [0.25, 0.3) is 11.5 Å². The Morgan fingerprint density at radius 3 is 2.30 bits per heavy atom. The second-order valence-electron chi connectivity index (χ2n) is 5.27. The first-order valence-electron chi connectivity index (χ1n) is 7.20. The van der Waals surface area contributed by atoms with E-state index in [1.54, 1.807) is 0 Å². The normalized spacial score (nSPS) is 10.9. The second kappa shape index (κ2) is 7.45. The molecule has 0 aliphatic heterocycles. The molecule has 1 heterocycles. The predicted octanol–water partition coefficient (Wildman–Crippen LogP) is 4.10. The highest BCUT2D eigenvalue weighted by Crippen LogP contribution is 2.35. The average molecular weight is 418 g/mol. The van der Waals surface area contributed by atoms with Gasteiger partial charge in [-0.2, -0.15) is 4.98 Å². The monoisotopic (exact) mass is 417 g/mol. The van der Waals surface area contributed by atoms with E-state index in [1.807, 2.05) is 0 Å². The number of benzene rings is 2. The van der Waals surface area contributed by atoms with E-state index < -0.39 is 23.4 Å². The van der Waals surface area contributed by atoms with Gasteiger partial charge in [-0.05, 0) is 29.8 Å². The summed E-state index contributed by atoms with van der Waals surface area (Å²) in [4.78, 5) is 15.9. The van der Waals surface area contributed by atoms with Crippen LogP contribution in [0.4, 0.5) is 13.2 Å². The van der Waals surface area contributed by atoms with Crippen molar-refractivity contribution in [3.8, 4) is 17.2 Å². The fourth-order valence-electron chi connectivity index (χ4n) is 2.09. The SMILES string of the molecule is O=C(NCc1cc(F)c(F)c(F)c1)c1noc(-c2cc(Cl)c(O)c(Cl)c2)n1. The molecule has 0 atom stereocenters. The minimum atomic E-state index is -1.60. The van der Waals surface area contributed by atoms with E-state index in [-0.39, 0.29) is 45.2 Å². The Labute approximate surface area is 159 Å². The van der Waals surface area contributed by atoms with Gasteiger partial charge in [0.15, 0.2) is 23.2 Å². The highest BCUT2D eigenvalue weighted by atomic mass is 35.5. The van der Waals surface area contributed by atoms with Crippen LogP contribution in [-0.2, 0) is 6.54 Å². The quantitative estimate of drug-likeness (QED) is 0.624. The van der Waals surface area contributed by atoms with Gasteiger partial charge in [0.1, 0.15) is 0 Å². The van der Waals surface area contributed by atoms with Crippen molar-refractivity contribution in [2.75, 3.05) is 0 Å². The van der Waals surface area contributed by atoms with Crippen molar-refractivity contribution in [3.63, 3.8) is 0 Å². The van der Waals surface area contributed by atoms with Crippen molar-refractivity contribution < 1.29 is 27.6 Å². The van der Waals surface area contributed by atoms with E-state index in [2.05, 4.69) is 15.5 Å². The summed E-state index contributed by atoms with van der Waals surface area (Å²) in [7, 11) is 0. The van der Waals surface area contributed by atoms with Gasteiger partial charge in [0, 0.05) is 12.1 Å². The Morgan fingerprint density at radius 2 is 1.70 bits per heavy atom. The molecule has 140 valence electrons. The molecule has 3 aromatic rings. The van der Waals surface area contributed by atoms with Crippen molar-refractivity contribution in [3.05, 3.63) is 63.2 Å². The molecule has 0 spiro atoms. The number of phenolic OH excluding ortho intramolecular Hbond substituents is 1. The number of hydrogen-bond donors (Lipinski definition) is 2. The lowest BCUT2D eigenvalue weighted by molar-refractivity contribution is 0.0937. The predicted molar refractivity (Wildman–Crippen MR) is 88.9 cm³/mol. The van der Waals surface area contributed by atoms with E-state index >= 15 is 0 Å². The zero-order valence-corrected chi connectivity index (χ0v) is 14.6. The highest BCUT2D eigenvalue weighted by Gasteiger charge is 2.18. The number of phenols is 1. The van der Waals surface area contributed by atoms with E-state index in [0.29, 0.717) is 0 Å². The smallest absolute Gasteiger partial charge is 0.292 e. The molecule has 11 heteroatoms. The molecule has 0 aliphatic rings. The van der Waals surface area contributed by atoms with Gasteiger partial charge in [-0.1, -0.05) is 28.4 Å². The lowest BCUT2D eigenvalue weighted by Crippen LogP contribution is -2.24. The average Bonchev–Trinajstić information content (AvgIpc) is 3.12. The summed E-state index contributed by atoms with van der Waals surface area (Å²) in [6, 6.07) is 4.12. The Bertz CT molecular complexity index is 997. The summed E-state index contributed by atoms with van der Waals surface area (Å²) in [5, 5.41) is 15.2. The second-order valence-corrected chi connectivity index (χ2v) is 6.08. The first-order valence-corrected chi connectivity index (χ1v) is 7.95. The molecule has 1 aromatic heterocycles. The van der Waals surface area contributed by atoms with Crippen LogP contribution < -0.4 is 5.32 Å². The lowest BCUT2D eigenvalue weighted by Gasteiger charge is -2.04. The lowest BCUT2D eigenvalue weighted by atomic mass is 10.2. The minimum Gasteiger partial charge on any atom is -0.505 e. The van der Waals surface area contributed by atoms with Crippen molar-refractivity contribution in [2.24, 2.45) is 0 Å². The number of halogens is 5. The first-order chi connectivity index (χ1) is 12.8. The molecular formula is C16H8Cl2F3N3O3. The maximum atomic E-state index is 13.2. The zero-order chi connectivity index (χ0) is 19.7. The van der Waals surface area contributed by atoms with Crippen LogP contribution in [0, 0.1) is 17.5 Å². The van der Waals surface area contributed by atoms with Crippen LogP contribution in [0.1, 0.15) is 16.2 Å². The molecule has 0 bridgehead atoms. The van der Waals surface area contributed by atoms with E-state index in [4.69, 9.17) is 27.7 Å². The third-order valence-corrected chi connectivity index (χ3v) is 3.97. The Hall–Kier alpha value is -2.78. The van der Waals surface area contributed by atoms with Gasteiger partial charge in [-0.15, -0.1) is 0 Å². The molecule has 27 heavy (non-hydrogen) atoms. The van der Waals surface area contributed by atoms with E-state index in [1.165, 1.54) is 12.1 Å². The number of carbonyl (C=O) groups is 1. The van der Waals surface area contributed by atoms with E-state index in [0.717, 1.165) is 12.1 Å². The standard InChI is InChI=1S/C16H8Cl2F3N3O3/c17-8-3-7(4-9(18)13(8)25)16-23-14(24-27-16)15(26)22-5-6-1-10(19)12(21)11(20)2-6/h1-4,25H,5H2,(H,22,26). The molecule has 2 aromatic carbocycles. The van der Waals surface area contributed by atoms with Crippen LogP contribution in [0.2, 0.25) is 10.0 Å². The van der Waals surface area contributed by atoms with Gasteiger partial charge in [0.25, 0.3) is 17.6 Å². The summed E-state index contributed by atoms with van der Waals surface area (Å²) in [6.07, 6.45) is 0. The number of aromatic hydroxyl groups is 1. The van der Waals surface area contributed by atoms with Crippen LogP contribution in [-0.4, -0.2) is 21.2 Å². The molecule has 0 aliphatic carbocycles. The highest BCUT2D eigenvalue weighted by molar-refractivity contribution is 6.37. The molecule has 6 nitrogen and oxygen atoms in total. The maximum absolute atomic E-state index is 13.2. The summed E-state index contributed by atoms with van der Waals surface area (Å²) in [6.45, 7) is -0.298. The topological polar surface area (TPSA) is 88.2 Å². The molecule has 0 saturated heterocycles. The van der Waals surface area contributed by atoms with Crippen LogP contribution >= 0.6 is 23.2 Å². The molecule has 1 amide bonds. The van der Waals surface area contributed by atoms with Crippen LogP contribution in [0.3, 0.4) is 0 Å². The Balaban J connectivity index is 1.74. The van der Waals surface area contributed by atoms with Gasteiger partial charge >= 0.3 is 0 Å². The van der Waals surface area contributed by atoms with Gasteiger partial charge in [-0.25, -0.2) is 13.2 Å². The van der Waals surface area contributed by atoms with E-state index in [9.17, 15) is 23.1 Å². The molecule has 0 saturated carbocycles. The molecular weight excluding hydrogens is 410 g/mol. The third kappa shape index (κ3) is 3.99. The number of carbonyl (C=O) groups excluding carboxylic acids is 1. The summed E-state index contributed by atoms with van der Waals surface area (Å²) < 4.78 is 44.2. The van der Waals surface area contributed by atoms with Gasteiger partial charge in [-0.3, -0.25) is 4.79 Å². The van der Waals surface area contributed by atoms with Crippen molar-refractivity contribution in [2.45, 2.75) is 6.54 Å². The van der Waals surface area contributed by atoms with Gasteiger partial charge in [0.2, 0.25) is 0 Å². The molecule has 2 N–H and O–H groups in total. The molecule has 0 fully saturated rings. The molecule has 3 rings (SSSR count). The fraction of sp³-hybridized carbons (Fsp3) is 0.0625. The third-order valence-electron chi connectivity index (χ3n) is 3.39. The largest absolute Gasteiger partial charge is 0.505 e. The van der Waals surface area contributed by atoms with Crippen LogP contribution in [0.15, 0.2) is 28.8 Å². The maximum Gasteiger partial charge on any atom is 0.292 e. The van der Waals surface area contributed by atoms with Gasteiger partial charge in [0.05, 0.1) is 10.0 Å². The number of aromatic nitrogens is 2. The van der Waals surface area contributed by atoms with Crippen LogP contribution in [0.5, 0.6) is 5.75 Å². The first kappa shape index (κ1) is 19.0. The summed E-state index contributed by atoms with van der Waals surface area (Å²) >= 11 is 11.6. The summed E-state index contributed by atoms with van der Waals surface area (Å²) in [5.41, 5.74) is 0.262. The fourth-order valence-corrected chi connectivity index (χ4v) is 2.58. The van der Waals surface area contributed by atoms with Crippen molar-refractivity contribution in [1.82, 2.24) is 15.5 Å². The number of hydrogen-bond acceptors (Lipinski definition) is 5. The zero-order valence-electron chi connectivity index (χ0n) is 13.1. The van der Waals surface area contributed by atoms with Gasteiger partial charge < -0.3 is 14.9 Å². The Morgan fingerprint density at radius 1 is 1.11 bits per heavy atom. The number of nitrogens with one attached hydrogen (secondary N) is 1. The minimum absolute atomic E-state index is 0.000525. The van der Waals surface area contributed by atoms with Crippen molar-refractivity contribution in [1.29, 1.82) is 0 Å². The van der Waals surface area contributed by atoms with Crippen molar-refractivity contribution >= 4 is 29.1 Å². The molecule has 0 radical (unpaired) electrons. The summed E-state index contributed by atoms with van der Waals surface area (Å²) in [5.74, 6) is -5.93. The number of amides is 1.